The summed E-state index contributed by atoms with van der Waals surface area (Å²) in [4.78, 5) is 20.4. The monoisotopic (exact) mass is 636 g/mol. The first kappa shape index (κ1) is 29.5. The van der Waals surface area contributed by atoms with Gasteiger partial charge in [0.05, 0.1) is 11.2 Å². The zero-order chi connectivity index (χ0) is 33.3. The van der Waals surface area contributed by atoms with Crippen molar-refractivity contribution in [2.45, 2.75) is 51.4 Å². The number of rotatable bonds is 4. The molecule has 49 heavy (non-hydrogen) atoms. The van der Waals surface area contributed by atoms with E-state index in [1.807, 2.05) is 48.5 Å². The van der Waals surface area contributed by atoms with Gasteiger partial charge in [-0.25, -0.2) is 19.9 Å². The van der Waals surface area contributed by atoms with Crippen molar-refractivity contribution in [3.8, 4) is 45.4 Å². The molecule has 1 aliphatic carbocycles. The van der Waals surface area contributed by atoms with Gasteiger partial charge >= 0.3 is 0 Å². The van der Waals surface area contributed by atoms with E-state index < -0.39 is 0 Å². The molecule has 1 aliphatic rings. The Morgan fingerprint density at radius 3 is 1.92 bits per heavy atom. The van der Waals surface area contributed by atoms with E-state index in [-0.39, 0.29) is 10.8 Å². The molecule has 5 heteroatoms. The fourth-order valence-electron chi connectivity index (χ4n) is 7.40. The average Bonchev–Trinajstić information content (AvgIpc) is 3.51. The third-order valence-corrected chi connectivity index (χ3v) is 10.4. The molecule has 238 valence electrons. The lowest BCUT2D eigenvalue weighted by Gasteiger charge is -2.42. The number of nitrogens with zero attached hydrogens (tertiary/aromatic N) is 4. The Bertz CT molecular complexity index is 2580. The van der Waals surface area contributed by atoms with Crippen molar-refractivity contribution in [2.24, 2.45) is 0 Å². The summed E-state index contributed by atoms with van der Waals surface area (Å²) in [7, 11) is 0. The van der Waals surface area contributed by atoms with E-state index in [0.717, 1.165) is 67.2 Å². The Morgan fingerprint density at radius 1 is 0.469 bits per heavy atom. The molecule has 8 aromatic rings. The summed E-state index contributed by atoms with van der Waals surface area (Å²) in [5.41, 5.74) is 10.4. The molecule has 0 fully saturated rings. The van der Waals surface area contributed by atoms with Gasteiger partial charge in [0.1, 0.15) is 11.2 Å². The molecule has 0 aliphatic heterocycles. The van der Waals surface area contributed by atoms with Gasteiger partial charge in [-0.1, -0.05) is 100 Å². The molecule has 9 rings (SSSR count). The summed E-state index contributed by atoms with van der Waals surface area (Å²) in [6, 6.07) is 41.9. The fraction of sp³-hybridized carbons (Fsp3) is 0.182. The molecule has 5 aromatic carbocycles. The van der Waals surface area contributed by atoms with Gasteiger partial charge in [0.25, 0.3) is 0 Å². The molecular weight excluding hydrogens is 601 g/mol. The number of fused-ring (bicyclic) bond motifs is 5. The van der Waals surface area contributed by atoms with E-state index in [4.69, 9.17) is 24.4 Å². The van der Waals surface area contributed by atoms with Crippen LogP contribution in [0.4, 0.5) is 0 Å². The molecule has 5 nitrogen and oxygen atoms in total. The molecule has 0 spiro atoms. The van der Waals surface area contributed by atoms with Gasteiger partial charge in [-0.05, 0) is 83.3 Å². The number of para-hydroxylation sites is 2. The standard InChI is InChI=1S/C44H36N4O/c1-43(2)22-23-44(3,4)35-26-31(16-19-34(35)43)42-47-40(29-12-9-11-28(24-29)37-20-17-27-10-5-7-14-36(27)45-37)46-41(48-42)30-18-21-39-33(25-30)32-13-6-8-15-38(32)49-39/h5-21,24-26H,22-23H2,1-4H3. The predicted octanol–water partition coefficient (Wildman–Crippen LogP) is 11.3. The number of pyridine rings is 1. The lowest BCUT2D eigenvalue weighted by atomic mass is 9.63. The SMILES string of the molecule is CC1(C)CCC(C)(C)c2cc(-c3nc(-c4cccc(-c5ccc6ccccc6n5)c4)nc(-c4ccc5oc6ccccc6c5c4)n3)ccc21. The maximum absolute atomic E-state index is 6.14. The minimum atomic E-state index is 0.0636. The summed E-state index contributed by atoms with van der Waals surface area (Å²) >= 11 is 0. The molecule has 0 amide bonds. The van der Waals surface area contributed by atoms with Crippen molar-refractivity contribution in [3.05, 3.63) is 132 Å². The number of furan rings is 1. The molecule has 0 bridgehead atoms. The van der Waals surface area contributed by atoms with Crippen LogP contribution < -0.4 is 0 Å². The van der Waals surface area contributed by atoms with E-state index in [1.54, 1.807) is 0 Å². The quantitative estimate of drug-likeness (QED) is 0.192. The summed E-state index contributed by atoms with van der Waals surface area (Å²) in [6.07, 6.45) is 2.30. The topological polar surface area (TPSA) is 64.7 Å². The summed E-state index contributed by atoms with van der Waals surface area (Å²) in [5, 5.41) is 3.23. The highest BCUT2D eigenvalue weighted by molar-refractivity contribution is 6.06. The normalized spacial score (nSPS) is 15.1. The second kappa shape index (κ2) is 10.9. The van der Waals surface area contributed by atoms with Crippen LogP contribution in [0.15, 0.2) is 126 Å². The van der Waals surface area contributed by atoms with Crippen molar-refractivity contribution in [1.82, 2.24) is 19.9 Å². The molecular formula is C44H36N4O. The molecule has 0 radical (unpaired) electrons. The van der Waals surface area contributed by atoms with Gasteiger partial charge in [-0.2, -0.15) is 0 Å². The minimum absolute atomic E-state index is 0.0636. The van der Waals surface area contributed by atoms with Crippen LogP contribution in [0.3, 0.4) is 0 Å². The zero-order valence-electron chi connectivity index (χ0n) is 28.2. The molecule has 0 N–H and O–H groups in total. The first-order valence-corrected chi connectivity index (χ1v) is 17.0. The lowest BCUT2D eigenvalue weighted by molar-refractivity contribution is 0.332. The van der Waals surface area contributed by atoms with Crippen LogP contribution in [-0.4, -0.2) is 19.9 Å². The third-order valence-electron chi connectivity index (χ3n) is 10.4. The van der Waals surface area contributed by atoms with E-state index >= 15 is 0 Å². The van der Waals surface area contributed by atoms with Gasteiger partial charge < -0.3 is 4.42 Å². The maximum atomic E-state index is 6.14. The molecule has 3 aromatic heterocycles. The average molecular weight is 637 g/mol. The zero-order valence-corrected chi connectivity index (χ0v) is 28.2. The number of hydrogen-bond donors (Lipinski definition) is 0. The smallest absolute Gasteiger partial charge is 0.164 e. The molecule has 3 heterocycles. The first-order valence-electron chi connectivity index (χ1n) is 17.0. The fourth-order valence-corrected chi connectivity index (χ4v) is 7.40. The Balaban J connectivity index is 1.22. The largest absolute Gasteiger partial charge is 0.456 e. The van der Waals surface area contributed by atoms with Gasteiger partial charge in [0.2, 0.25) is 0 Å². The van der Waals surface area contributed by atoms with Crippen LogP contribution in [0.2, 0.25) is 0 Å². The lowest BCUT2D eigenvalue weighted by Crippen LogP contribution is -2.33. The number of benzene rings is 5. The van der Waals surface area contributed by atoms with Crippen molar-refractivity contribution < 1.29 is 4.42 Å². The first-order chi connectivity index (χ1) is 23.7. The van der Waals surface area contributed by atoms with Gasteiger partial charge in [0, 0.05) is 38.4 Å². The molecule has 0 saturated heterocycles. The van der Waals surface area contributed by atoms with Crippen LogP contribution in [0.5, 0.6) is 0 Å². The van der Waals surface area contributed by atoms with Crippen molar-refractivity contribution >= 4 is 32.8 Å². The van der Waals surface area contributed by atoms with Crippen molar-refractivity contribution in [2.75, 3.05) is 0 Å². The summed E-state index contributed by atoms with van der Waals surface area (Å²) < 4.78 is 6.14. The van der Waals surface area contributed by atoms with Crippen LogP contribution in [0.25, 0.3) is 78.3 Å². The second-order valence-corrected chi connectivity index (χ2v) is 14.6. The number of aromatic nitrogens is 4. The van der Waals surface area contributed by atoms with E-state index in [0.29, 0.717) is 17.5 Å². The highest BCUT2D eigenvalue weighted by Gasteiger charge is 2.37. The van der Waals surface area contributed by atoms with Gasteiger partial charge in [-0.3, -0.25) is 0 Å². The Morgan fingerprint density at radius 2 is 1.10 bits per heavy atom. The molecule has 0 unspecified atom stereocenters. The Labute approximate surface area is 285 Å². The number of hydrogen-bond acceptors (Lipinski definition) is 5. The highest BCUT2D eigenvalue weighted by Crippen LogP contribution is 2.47. The Hall–Kier alpha value is -5.68. The highest BCUT2D eigenvalue weighted by atomic mass is 16.3. The summed E-state index contributed by atoms with van der Waals surface area (Å²) in [5.74, 6) is 1.91. The Kier molecular flexibility index (Phi) is 6.57. The van der Waals surface area contributed by atoms with Crippen LogP contribution in [-0.2, 0) is 10.8 Å². The van der Waals surface area contributed by atoms with Crippen LogP contribution >= 0.6 is 0 Å². The van der Waals surface area contributed by atoms with E-state index in [2.05, 4.69) is 100 Å². The minimum Gasteiger partial charge on any atom is -0.456 e. The third kappa shape index (κ3) is 5.08. The van der Waals surface area contributed by atoms with Gasteiger partial charge in [0.15, 0.2) is 17.5 Å². The van der Waals surface area contributed by atoms with Crippen molar-refractivity contribution in [3.63, 3.8) is 0 Å². The molecule has 0 saturated carbocycles. The maximum Gasteiger partial charge on any atom is 0.164 e. The van der Waals surface area contributed by atoms with E-state index in [9.17, 15) is 0 Å². The van der Waals surface area contributed by atoms with Crippen LogP contribution in [0.1, 0.15) is 51.7 Å². The van der Waals surface area contributed by atoms with Crippen LogP contribution in [0, 0.1) is 0 Å². The molecule has 0 atom stereocenters. The van der Waals surface area contributed by atoms with Crippen molar-refractivity contribution in [1.29, 1.82) is 0 Å². The summed E-state index contributed by atoms with van der Waals surface area (Å²) in [6.45, 7) is 9.41. The van der Waals surface area contributed by atoms with E-state index in [1.165, 1.54) is 17.5 Å². The predicted molar refractivity (Wildman–Crippen MR) is 199 cm³/mol. The van der Waals surface area contributed by atoms with Gasteiger partial charge in [-0.15, -0.1) is 0 Å². The second-order valence-electron chi connectivity index (χ2n) is 14.6.